The molecule has 0 fully saturated rings. The second kappa shape index (κ2) is 7.95. The second-order valence-electron chi connectivity index (χ2n) is 4.47. The standard InChI is InChI=1S/C15H19N3O2S/c1-3-16-13(15(19)20-2)8-9-21-14-11-6-4-5-7-12(11)17-10-18-14/h4-7,10,13,16H,3,8-9H2,1-2H3. The molecule has 5 nitrogen and oxygen atoms in total. The third-order valence-corrected chi connectivity index (χ3v) is 4.13. The summed E-state index contributed by atoms with van der Waals surface area (Å²) in [6.45, 7) is 2.71. The minimum absolute atomic E-state index is 0.218. The van der Waals surface area contributed by atoms with Gasteiger partial charge in [-0.05, 0) is 19.0 Å². The molecule has 112 valence electrons. The van der Waals surface area contributed by atoms with Crippen LogP contribution in [0.25, 0.3) is 10.9 Å². The zero-order chi connectivity index (χ0) is 15.1. The highest BCUT2D eigenvalue weighted by atomic mass is 32.2. The molecule has 1 N–H and O–H groups in total. The van der Waals surface area contributed by atoms with Gasteiger partial charge < -0.3 is 10.1 Å². The van der Waals surface area contributed by atoms with Gasteiger partial charge in [-0.3, -0.25) is 4.79 Å². The van der Waals surface area contributed by atoms with Crippen molar-refractivity contribution in [2.75, 3.05) is 19.4 Å². The Kier molecular flexibility index (Phi) is 5.95. The molecule has 1 heterocycles. The second-order valence-corrected chi connectivity index (χ2v) is 5.55. The molecule has 0 aliphatic rings. The van der Waals surface area contributed by atoms with Gasteiger partial charge in [-0.2, -0.15) is 0 Å². The van der Waals surface area contributed by atoms with E-state index in [9.17, 15) is 4.79 Å². The Labute approximate surface area is 128 Å². The Hall–Kier alpha value is -1.66. The van der Waals surface area contributed by atoms with Gasteiger partial charge in [-0.25, -0.2) is 9.97 Å². The maximum atomic E-state index is 11.6. The highest BCUT2D eigenvalue weighted by Gasteiger charge is 2.17. The van der Waals surface area contributed by atoms with Crippen molar-refractivity contribution in [1.29, 1.82) is 0 Å². The first-order valence-corrected chi connectivity index (χ1v) is 7.88. The van der Waals surface area contributed by atoms with Crippen molar-refractivity contribution in [2.24, 2.45) is 0 Å². The molecule has 1 unspecified atom stereocenters. The summed E-state index contributed by atoms with van der Waals surface area (Å²) in [4.78, 5) is 20.2. The number of hydrogen-bond acceptors (Lipinski definition) is 6. The zero-order valence-corrected chi connectivity index (χ0v) is 13.0. The van der Waals surface area contributed by atoms with Gasteiger partial charge in [0, 0.05) is 11.1 Å². The molecule has 0 aliphatic carbocycles. The molecular formula is C15H19N3O2S. The fraction of sp³-hybridized carbons (Fsp3) is 0.400. The van der Waals surface area contributed by atoms with Crippen LogP contribution in [0.4, 0.5) is 0 Å². The van der Waals surface area contributed by atoms with E-state index in [1.54, 1.807) is 18.1 Å². The minimum Gasteiger partial charge on any atom is -0.468 e. The van der Waals surface area contributed by atoms with Crippen LogP contribution in [0.1, 0.15) is 13.3 Å². The summed E-state index contributed by atoms with van der Waals surface area (Å²) >= 11 is 1.63. The molecule has 2 rings (SSSR count). The Morgan fingerprint density at radius 1 is 1.38 bits per heavy atom. The number of carbonyl (C=O) groups excluding carboxylic acids is 1. The molecule has 1 atom stereocenters. The molecule has 0 spiro atoms. The smallest absolute Gasteiger partial charge is 0.322 e. The summed E-state index contributed by atoms with van der Waals surface area (Å²) in [6, 6.07) is 7.66. The zero-order valence-electron chi connectivity index (χ0n) is 12.2. The molecule has 1 aromatic heterocycles. The number of fused-ring (bicyclic) bond motifs is 1. The number of benzene rings is 1. The number of methoxy groups -OCH3 is 1. The molecule has 0 saturated heterocycles. The van der Waals surface area contributed by atoms with Crippen LogP contribution in [0.2, 0.25) is 0 Å². The van der Waals surface area contributed by atoms with Crippen LogP contribution < -0.4 is 5.32 Å². The number of nitrogens with one attached hydrogen (secondary N) is 1. The van der Waals surface area contributed by atoms with E-state index in [-0.39, 0.29) is 12.0 Å². The summed E-state index contributed by atoms with van der Waals surface area (Å²) in [5.41, 5.74) is 0.936. The lowest BCUT2D eigenvalue weighted by molar-refractivity contribution is -0.143. The largest absolute Gasteiger partial charge is 0.468 e. The number of para-hydroxylation sites is 1. The SMILES string of the molecule is CCNC(CCSc1ncnc2ccccc12)C(=O)OC. The lowest BCUT2D eigenvalue weighted by Gasteiger charge is -2.14. The fourth-order valence-corrected chi connectivity index (χ4v) is 3.06. The minimum atomic E-state index is -0.263. The van der Waals surface area contributed by atoms with Gasteiger partial charge in [0.1, 0.15) is 17.4 Å². The number of thioether (sulfide) groups is 1. The number of rotatable bonds is 7. The van der Waals surface area contributed by atoms with Crippen molar-refractivity contribution >= 4 is 28.6 Å². The van der Waals surface area contributed by atoms with Gasteiger partial charge in [-0.1, -0.05) is 25.1 Å². The average Bonchev–Trinajstić information content (AvgIpc) is 2.53. The first-order chi connectivity index (χ1) is 10.3. The van der Waals surface area contributed by atoms with E-state index in [4.69, 9.17) is 4.74 Å². The Balaban J connectivity index is 1.99. The summed E-state index contributed by atoms with van der Waals surface area (Å²) < 4.78 is 4.80. The maximum Gasteiger partial charge on any atom is 0.322 e. The van der Waals surface area contributed by atoms with E-state index in [1.807, 2.05) is 31.2 Å². The monoisotopic (exact) mass is 305 g/mol. The Morgan fingerprint density at radius 3 is 2.95 bits per heavy atom. The van der Waals surface area contributed by atoms with Crippen molar-refractivity contribution in [3.63, 3.8) is 0 Å². The number of carbonyl (C=O) groups is 1. The van der Waals surface area contributed by atoms with Crippen LogP contribution in [0.3, 0.4) is 0 Å². The average molecular weight is 305 g/mol. The molecule has 0 bridgehead atoms. The van der Waals surface area contributed by atoms with Gasteiger partial charge >= 0.3 is 5.97 Å². The van der Waals surface area contributed by atoms with Crippen molar-refractivity contribution in [3.05, 3.63) is 30.6 Å². The van der Waals surface area contributed by atoms with Gasteiger partial charge in [0.25, 0.3) is 0 Å². The highest BCUT2D eigenvalue weighted by Crippen LogP contribution is 2.24. The van der Waals surface area contributed by atoms with E-state index in [1.165, 1.54) is 7.11 Å². The van der Waals surface area contributed by atoms with Crippen molar-refractivity contribution < 1.29 is 9.53 Å². The summed E-state index contributed by atoms with van der Waals surface area (Å²) in [6.07, 6.45) is 2.27. The molecule has 2 aromatic rings. The van der Waals surface area contributed by atoms with E-state index in [2.05, 4.69) is 15.3 Å². The molecule has 0 amide bonds. The van der Waals surface area contributed by atoms with E-state index in [0.717, 1.165) is 28.2 Å². The molecule has 0 aliphatic heterocycles. The van der Waals surface area contributed by atoms with Crippen LogP contribution in [0.15, 0.2) is 35.6 Å². The van der Waals surface area contributed by atoms with Crippen LogP contribution >= 0.6 is 11.8 Å². The van der Waals surface area contributed by atoms with Crippen LogP contribution in [0.5, 0.6) is 0 Å². The number of ether oxygens (including phenoxy) is 1. The number of nitrogens with zero attached hydrogens (tertiary/aromatic N) is 2. The number of likely N-dealkylation sites (N-methyl/N-ethyl adjacent to an activating group) is 1. The van der Waals surface area contributed by atoms with Gasteiger partial charge in [0.15, 0.2) is 0 Å². The van der Waals surface area contributed by atoms with E-state index < -0.39 is 0 Å². The maximum absolute atomic E-state index is 11.6. The first kappa shape index (κ1) is 15.7. The third-order valence-electron chi connectivity index (χ3n) is 3.09. The van der Waals surface area contributed by atoms with Gasteiger partial charge in [-0.15, -0.1) is 11.8 Å². The molecule has 21 heavy (non-hydrogen) atoms. The fourth-order valence-electron chi connectivity index (χ4n) is 2.06. The molecule has 6 heteroatoms. The Bertz CT molecular complexity index is 601. The van der Waals surface area contributed by atoms with Crippen LogP contribution in [-0.4, -0.2) is 41.4 Å². The van der Waals surface area contributed by atoms with Crippen LogP contribution in [-0.2, 0) is 9.53 Å². The Morgan fingerprint density at radius 2 is 2.19 bits per heavy atom. The lowest BCUT2D eigenvalue weighted by atomic mass is 10.2. The normalized spacial score (nSPS) is 12.3. The van der Waals surface area contributed by atoms with Crippen molar-refractivity contribution in [1.82, 2.24) is 15.3 Å². The van der Waals surface area contributed by atoms with Gasteiger partial charge in [0.2, 0.25) is 0 Å². The van der Waals surface area contributed by atoms with Crippen LogP contribution in [0, 0.1) is 0 Å². The molecular weight excluding hydrogens is 286 g/mol. The molecule has 0 radical (unpaired) electrons. The summed E-state index contributed by atoms with van der Waals surface area (Å²) in [5, 5.41) is 5.13. The number of hydrogen-bond donors (Lipinski definition) is 1. The molecule has 1 aromatic carbocycles. The van der Waals surface area contributed by atoms with E-state index in [0.29, 0.717) is 6.42 Å². The lowest BCUT2D eigenvalue weighted by Crippen LogP contribution is -2.37. The summed E-state index contributed by atoms with van der Waals surface area (Å²) in [7, 11) is 1.41. The van der Waals surface area contributed by atoms with Crippen molar-refractivity contribution in [3.8, 4) is 0 Å². The molecule has 0 saturated carbocycles. The highest BCUT2D eigenvalue weighted by molar-refractivity contribution is 7.99. The number of aromatic nitrogens is 2. The van der Waals surface area contributed by atoms with Gasteiger partial charge in [0.05, 0.1) is 12.6 Å². The topological polar surface area (TPSA) is 64.1 Å². The predicted octanol–water partition coefficient (Wildman–Crippen LogP) is 2.26. The summed E-state index contributed by atoms with van der Waals surface area (Å²) in [5.74, 6) is 0.568. The first-order valence-electron chi connectivity index (χ1n) is 6.90. The van der Waals surface area contributed by atoms with Crippen molar-refractivity contribution in [2.45, 2.75) is 24.4 Å². The van der Waals surface area contributed by atoms with E-state index >= 15 is 0 Å². The quantitative estimate of drug-likeness (QED) is 0.481. The number of esters is 1. The predicted molar refractivity (Wildman–Crippen MR) is 84.4 cm³/mol. The third kappa shape index (κ3) is 4.15.